The first-order valence-electron chi connectivity index (χ1n) is 5.08. The van der Waals surface area contributed by atoms with Crippen molar-refractivity contribution < 1.29 is 14.7 Å². The Balaban J connectivity index is 2.14. The lowest BCUT2D eigenvalue weighted by Gasteiger charge is -2.41. The minimum Gasteiger partial charge on any atom is -0.503 e. The highest BCUT2D eigenvalue weighted by Crippen LogP contribution is 2.35. The molecule has 0 bridgehead atoms. The minimum absolute atomic E-state index is 0.122. The molecule has 0 saturated carbocycles. The van der Waals surface area contributed by atoms with E-state index >= 15 is 0 Å². The third kappa shape index (κ3) is 1.52. The highest BCUT2D eigenvalue weighted by atomic mass is 16.7. The maximum absolute atomic E-state index is 11.5. The Morgan fingerprint density at radius 2 is 2.07 bits per heavy atom. The Morgan fingerprint density at radius 3 is 2.47 bits per heavy atom. The molecule has 84 valence electrons. The van der Waals surface area contributed by atoms with Crippen LogP contribution >= 0.6 is 0 Å². The lowest BCUT2D eigenvalue weighted by molar-refractivity contribution is -0.159. The maximum Gasteiger partial charge on any atom is 0.288 e. The number of hydrogen-bond acceptors (Lipinski definition) is 4. The number of carbonyl (C=O) groups is 1. The Bertz CT molecular complexity index is 306. The Kier molecular flexibility index (Phi) is 2.44. The van der Waals surface area contributed by atoms with Gasteiger partial charge >= 0.3 is 0 Å². The molecule has 2 aliphatic heterocycles. The van der Waals surface area contributed by atoms with E-state index in [1.165, 1.54) is 0 Å². The summed E-state index contributed by atoms with van der Waals surface area (Å²) in [6.45, 7) is 1.55. The lowest BCUT2D eigenvalue weighted by atomic mass is 9.88. The molecule has 0 atom stereocenters. The minimum atomic E-state index is -0.295. The van der Waals surface area contributed by atoms with E-state index in [2.05, 4.69) is 0 Å². The Morgan fingerprint density at radius 1 is 1.47 bits per heavy atom. The van der Waals surface area contributed by atoms with Crippen molar-refractivity contribution >= 4 is 5.91 Å². The molecule has 1 spiro atoms. The van der Waals surface area contributed by atoms with Gasteiger partial charge in [-0.15, -0.1) is 0 Å². The van der Waals surface area contributed by atoms with E-state index in [0.717, 1.165) is 25.9 Å². The van der Waals surface area contributed by atoms with Gasteiger partial charge in [0.25, 0.3) is 5.91 Å². The fraction of sp³-hybridized carbons (Fsp3) is 0.700. The number of piperidine rings is 1. The van der Waals surface area contributed by atoms with Gasteiger partial charge in [0, 0.05) is 20.1 Å². The molecule has 1 amide bonds. The molecule has 1 fully saturated rings. The quantitative estimate of drug-likeness (QED) is 0.679. The van der Waals surface area contributed by atoms with Gasteiger partial charge in [-0.1, -0.05) is 0 Å². The molecular formula is C10H16N2O3. The first-order valence-corrected chi connectivity index (χ1v) is 5.08. The molecule has 0 aliphatic carbocycles. The van der Waals surface area contributed by atoms with Gasteiger partial charge in [0.2, 0.25) is 0 Å². The van der Waals surface area contributed by atoms with Crippen LogP contribution in [0.3, 0.4) is 0 Å². The molecule has 0 aromatic heterocycles. The number of likely N-dealkylation sites (N-methyl/N-ethyl adjacent to an activating group) is 1. The molecule has 5 nitrogen and oxygen atoms in total. The third-order valence-electron chi connectivity index (χ3n) is 3.44. The van der Waals surface area contributed by atoms with Gasteiger partial charge in [0.15, 0.2) is 5.76 Å². The first kappa shape index (κ1) is 10.4. The van der Waals surface area contributed by atoms with Crippen molar-refractivity contribution in [2.45, 2.75) is 18.4 Å². The number of carbonyl (C=O) groups excluding carboxylic acids is 1. The van der Waals surface area contributed by atoms with Crippen molar-refractivity contribution in [3.8, 4) is 0 Å². The Labute approximate surface area is 88.9 Å². The average Bonchev–Trinajstić information content (AvgIpc) is 2.45. The first-order chi connectivity index (χ1) is 7.09. The van der Waals surface area contributed by atoms with Gasteiger partial charge in [-0.3, -0.25) is 4.79 Å². The van der Waals surface area contributed by atoms with Crippen LogP contribution in [0.1, 0.15) is 12.8 Å². The van der Waals surface area contributed by atoms with Crippen LogP contribution in [0.25, 0.3) is 0 Å². The maximum atomic E-state index is 11.5. The predicted octanol–water partition coefficient (Wildman–Crippen LogP) is 0.296. The van der Waals surface area contributed by atoms with E-state index in [9.17, 15) is 9.90 Å². The number of hydroxylamine groups is 2. The van der Waals surface area contributed by atoms with E-state index in [4.69, 9.17) is 4.84 Å². The molecule has 1 saturated heterocycles. The van der Waals surface area contributed by atoms with E-state index in [1.807, 2.05) is 5.06 Å². The van der Waals surface area contributed by atoms with Crippen LogP contribution in [-0.2, 0) is 9.63 Å². The van der Waals surface area contributed by atoms with Crippen LogP contribution in [0.15, 0.2) is 11.8 Å². The topological polar surface area (TPSA) is 53.0 Å². The summed E-state index contributed by atoms with van der Waals surface area (Å²) in [5.74, 6) is -0.399. The summed E-state index contributed by atoms with van der Waals surface area (Å²) in [6, 6.07) is 0. The summed E-state index contributed by atoms with van der Waals surface area (Å²) in [5, 5.41) is 11.3. The summed E-state index contributed by atoms with van der Waals surface area (Å²) < 4.78 is 0. The number of hydrogen-bond donors (Lipinski definition) is 1. The Hall–Kier alpha value is -1.07. The van der Waals surface area contributed by atoms with Gasteiger partial charge in [-0.05, 0) is 18.9 Å². The second-order valence-electron chi connectivity index (χ2n) is 4.11. The van der Waals surface area contributed by atoms with Crippen molar-refractivity contribution in [3.63, 3.8) is 0 Å². The molecule has 2 rings (SSSR count). The lowest BCUT2D eigenvalue weighted by Crippen LogP contribution is -2.51. The zero-order chi connectivity index (χ0) is 11.1. The van der Waals surface area contributed by atoms with Crippen LogP contribution in [-0.4, -0.2) is 53.8 Å². The molecule has 0 aromatic carbocycles. The van der Waals surface area contributed by atoms with Crippen LogP contribution in [0, 0.1) is 0 Å². The molecular weight excluding hydrogens is 196 g/mol. The molecule has 1 N–H and O–H groups in total. The zero-order valence-corrected chi connectivity index (χ0v) is 9.06. The van der Waals surface area contributed by atoms with E-state index in [1.54, 1.807) is 25.1 Å². The van der Waals surface area contributed by atoms with Gasteiger partial charge in [-0.2, -0.15) is 5.06 Å². The second kappa shape index (κ2) is 3.50. The predicted molar refractivity (Wildman–Crippen MR) is 54.0 cm³/mol. The molecule has 2 heterocycles. The molecule has 0 aromatic rings. The van der Waals surface area contributed by atoms with Crippen molar-refractivity contribution in [2.24, 2.45) is 0 Å². The summed E-state index contributed by atoms with van der Waals surface area (Å²) in [7, 11) is 3.39. The summed E-state index contributed by atoms with van der Waals surface area (Å²) in [4.78, 5) is 18.3. The summed E-state index contributed by atoms with van der Waals surface area (Å²) in [5.41, 5.74) is -0.295. The van der Waals surface area contributed by atoms with Crippen LogP contribution in [0.2, 0.25) is 0 Å². The molecule has 15 heavy (non-hydrogen) atoms. The average molecular weight is 212 g/mol. The molecule has 5 heteroatoms. The number of nitrogens with zero attached hydrogens (tertiary/aromatic N) is 2. The van der Waals surface area contributed by atoms with E-state index < -0.39 is 0 Å². The van der Waals surface area contributed by atoms with Gasteiger partial charge in [0.1, 0.15) is 0 Å². The summed E-state index contributed by atoms with van der Waals surface area (Å²) >= 11 is 0. The number of aliphatic hydroxyl groups is 1. The third-order valence-corrected chi connectivity index (χ3v) is 3.44. The van der Waals surface area contributed by atoms with Crippen molar-refractivity contribution in [1.82, 2.24) is 9.96 Å². The van der Waals surface area contributed by atoms with Gasteiger partial charge in [0.05, 0.1) is 12.6 Å². The van der Waals surface area contributed by atoms with Crippen molar-refractivity contribution in [2.75, 3.05) is 27.2 Å². The molecule has 2 aliphatic rings. The normalized spacial score (nSPS) is 26.1. The molecule has 0 radical (unpaired) electrons. The molecule has 0 unspecified atom stereocenters. The monoisotopic (exact) mass is 212 g/mol. The fourth-order valence-electron chi connectivity index (χ4n) is 2.32. The highest BCUT2D eigenvalue weighted by molar-refractivity contribution is 5.94. The van der Waals surface area contributed by atoms with Crippen molar-refractivity contribution in [3.05, 3.63) is 11.8 Å². The van der Waals surface area contributed by atoms with E-state index in [-0.39, 0.29) is 17.2 Å². The summed E-state index contributed by atoms with van der Waals surface area (Å²) in [6.07, 6.45) is 3.28. The fourth-order valence-corrected chi connectivity index (χ4v) is 2.32. The van der Waals surface area contributed by atoms with Crippen LogP contribution in [0.5, 0.6) is 0 Å². The van der Waals surface area contributed by atoms with Gasteiger partial charge in [-0.25, -0.2) is 0 Å². The van der Waals surface area contributed by atoms with Gasteiger partial charge < -0.3 is 14.8 Å². The van der Waals surface area contributed by atoms with Crippen LogP contribution < -0.4 is 0 Å². The largest absolute Gasteiger partial charge is 0.503 e. The second-order valence-corrected chi connectivity index (χ2v) is 4.11. The van der Waals surface area contributed by atoms with E-state index in [0.29, 0.717) is 0 Å². The van der Waals surface area contributed by atoms with Crippen molar-refractivity contribution in [1.29, 1.82) is 0 Å². The highest BCUT2D eigenvalue weighted by Gasteiger charge is 2.45. The number of rotatable bonds is 1. The van der Waals surface area contributed by atoms with Crippen LogP contribution in [0.4, 0.5) is 0 Å². The SMILES string of the molecule is CON1CCC2(C=C(O)C(=O)N2C)CC1. The smallest absolute Gasteiger partial charge is 0.288 e. The standard InChI is InChI=1S/C10H16N2O3/c1-11-9(14)8(13)7-10(11)3-5-12(15-2)6-4-10/h7,13H,3-6H2,1-2H3. The number of aliphatic hydroxyl groups excluding tert-OH is 1. The zero-order valence-electron chi connectivity index (χ0n) is 9.06. The number of amides is 1.